The molecule has 15 heavy (non-hydrogen) atoms. The molecule has 5 heteroatoms. The molecule has 4 atom stereocenters. The van der Waals surface area contributed by atoms with Crippen molar-refractivity contribution >= 4 is 10.0 Å². The molecule has 0 unspecified atom stereocenters. The highest BCUT2D eigenvalue weighted by Gasteiger charge is 2.72. The lowest BCUT2D eigenvalue weighted by molar-refractivity contribution is 0.0744. The molecule has 0 aromatic heterocycles. The molecule has 4 nitrogen and oxygen atoms in total. The Morgan fingerprint density at radius 2 is 2.07 bits per heavy atom. The monoisotopic (exact) mass is 231 g/mol. The minimum atomic E-state index is -3.16. The molecule has 3 fully saturated rings. The first-order valence-electron chi connectivity index (χ1n) is 5.48. The molecule has 1 spiro atoms. The van der Waals surface area contributed by atoms with Crippen molar-refractivity contribution in [3.63, 3.8) is 0 Å². The SMILES string of the molecule is CC1(C)[C@H]2CC[C@@]13CS(=O)(=O)N[C@@H]3[C@@H]2O. The Morgan fingerprint density at radius 1 is 1.40 bits per heavy atom. The van der Waals surface area contributed by atoms with Crippen LogP contribution in [0.4, 0.5) is 0 Å². The average molecular weight is 231 g/mol. The van der Waals surface area contributed by atoms with E-state index in [0.717, 1.165) is 12.8 Å². The van der Waals surface area contributed by atoms with Crippen LogP contribution in [0, 0.1) is 16.7 Å². The Kier molecular flexibility index (Phi) is 1.62. The molecule has 0 amide bonds. The van der Waals surface area contributed by atoms with E-state index < -0.39 is 16.1 Å². The van der Waals surface area contributed by atoms with Gasteiger partial charge >= 0.3 is 0 Å². The first-order valence-corrected chi connectivity index (χ1v) is 7.13. The largest absolute Gasteiger partial charge is 0.391 e. The van der Waals surface area contributed by atoms with Gasteiger partial charge < -0.3 is 5.11 Å². The van der Waals surface area contributed by atoms with Gasteiger partial charge in [-0.25, -0.2) is 13.1 Å². The summed E-state index contributed by atoms with van der Waals surface area (Å²) >= 11 is 0. The van der Waals surface area contributed by atoms with Crippen molar-refractivity contribution in [2.45, 2.75) is 38.8 Å². The van der Waals surface area contributed by atoms with Crippen molar-refractivity contribution in [3.05, 3.63) is 0 Å². The van der Waals surface area contributed by atoms with E-state index in [-0.39, 0.29) is 28.5 Å². The van der Waals surface area contributed by atoms with Crippen molar-refractivity contribution < 1.29 is 13.5 Å². The van der Waals surface area contributed by atoms with Gasteiger partial charge in [-0.3, -0.25) is 0 Å². The van der Waals surface area contributed by atoms with Crippen molar-refractivity contribution in [2.75, 3.05) is 5.75 Å². The maximum absolute atomic E-state index is 11.6. The highest BCUT2D eigenvalue weighted by Crippen LogP contribution is 2.67. The zero-order chi connectivity index (χ0) is 11.1. The summed E-state index contributed by atoms with van der Waals surface area (Å²) in [5, 5.41) is 10.1. The molecule has 0 radical (unpaired) electrons. The molecule has 1 aliphatic heterocycles. The topological polar surface area (TPSA) is 66.4 Å². The van der Waals surface area contributed by atoms with E-state index in [1.54, 1.807) is 0 Å². The molecule has 0 aromatic rings. The minimum absolute atomic E-state index is 0.0619. The summed E-state index contributed by atoms with van der Waals surface area (Å²) < 4.78 is 25.9. The standard InChI is InChI=1S/C10H17NO3S/c1-9(2)6-3-4-10(9)5-15(13,14)11-8(10)7(6)12/h6-8,11-12H,3-5H2,1-2H3/t6-,7+,8+,10-/m0/s1. The predicted molar refractivity (Wildman–Crippen MR) is 55.7 cm³/mol. The zero-order valence-electron chi connectivity index (χ0n) is 9.03. The normalized spacial score (nSPS) is 54.5. The molecule has 1 heterocycles. The first-order chi connectivity index (χ1) is 6.80. The van der Waals surface area contributed by atoms with Gasteiger partial charge in [0.25, 0.3) is 0 Å². The van der Waals surface area contributed by atoms with E-state index in [1.165, 1.54) is 0 Å². The van der Waals surface area contributed by atoms with Crippen molar-refractivity contribution in [1.29, 1.82) is 0 Å². The van der Waals surface area contributed by atoms with Crippen LogP contribution >= 0.6 is 0 Å². The molecule has 1 saturated heterocycles. The number of aliphatic hydroxyl groups is 1. The quantitative estimate of drug-likeness (QED) is 0.620. The predicted octanol–water partition coefficient (Wildman–Crippen LogP) is 0.0851. The van der Waals surface area contributed by atoms with Crippen LogP contribution in [0.15, 0.2) is 0 Å². The number of fused-ring (bicyclic) bond motifs is 1. The van der Waals surface area contributed by atoms with Crippen molar-refractivity contribution in [3.8, 4) is 0 Å². The number of aliphatic hydroxyl groups excluding tert-OH is 1. The second-order valence-corrected chi connectivity index (χ2v) is 7.62. The molecular formula is C10H17NO3S. The van der Waals surface area contributed by atoms with Crippen molar-refractivity contribution in [2.24, 2.45) is 16.7 Å². The van der Waals surface area contributed by atoms with Crippen molar-refractivity contribution in [1.82, 2.24) is 4.72 Å². The van der Waals surface area contributed by atoms with E-state index >= 15 is 0 Å². The van der Waals surface area contributed by atoms with Gasteiger partial charge in [-0.2, -0.15) is 0 Å². The molecular weight excluding hydrogens is 214 g/mol. The smallest absolute Gasteiger partial charge is 0.212 e. The molecule has 2 aliphatic carbocycles. The van der Waals surface area contributed by atoms with Gasteiger partial charge in [0.05, 0.1) is 17.9 Å². The third kappa shape index (κ3) is 0.929. The Hall–Kier alpha value is -0.130. The van der Waals surface area contributed by atoms with E-state index in [1.807, 2.05) is 0 Å². The lowest BCUT2D eigenvalue weighted by Crippen LogP contribution is -2.45. The summed E-state index contributed by atoms with van der Waals surface area (Å²) in [5.41, 5.74) is -0.288. The molecule has 3 aliphatic rings. The molecule has 2 saturated carbocycles. The second-order valence-electron chi connectivity index (χ2n) is 5.87. The lowest BCUT2D eigenvalue weighted by Gasteiger charge is -2.35. The van der Waals surface area contributed by atoms with Gasteiger partial charge in [-0.05, 0) is 24.2 Å². The fourth-order valence-electron chi connectivity index (χ4n) is 4.28. The van der Waals surface area contributed by atoms with E-state index in [9.17, 15) is 13.5 Å². The van der Waals surface area contributed by atoms with Crippen LogP contribution in [0.3, 0.4) is 0 Å². The first kappa shape index (κ1) is 10.1. The molecule has 3 rings (SSSR count). The molecule has 2 bridgehead atoms. The van der Waals surface area contributed by atoms with E-state index in [2.05, 4.69) is 18.6 Å². The van der Waals surface area contributed by atoms with Crippen LogP contribution in [0.1, 0.15) is 26.7 Å². The Bertz CT molecular complexity index is 416. The van der Waals surface area contributed by atoms with Crippen LogP contribution in [0.5, 0.6) is 0 Å². The van der Waals surface area contributed by atoms with E-state index in [4.69, 9.17) is 0 Å². The van der Waals surface area contributed by atoms with Crippen LogP contribution in [0.2, 0.25) is 0 Å². The van der Waals surface area contributed by atoms with Crippen LogP contribution in [0.25, 0.3) is 0 Å². The number of hydrogen-bond donors (Lipinski definition) is 2. The summed E-state index contributed by atoms with van der Waals surface area (Å²) in [4.78, 5) is 0. The second kappa shape index (κ2) is 2.41. The Labute approximate surface area is 90.1 Å². The Balaban J connectivity index is 2.16. The third-order valence-corrected chi connectivity index (χ3v) is 6.72. The lowest BCUT2D eigenvalue weighted by atomic mass is 9.69. The number of rotatable bonds is 0. The maximum atomic E-state index is 11.6. The number of nitrogens with one attached hydrogen (secondary N) is 1. The van der Waals surface area contributed by atoms with E-state index in [0.29, 0.717) is 0 Å². The number of sulfonamides is 1. The Morgan fingerprint density at radius 3 is 2.67 bits per heavy atom. The summed E-state index contributed by atoms with van der Waals surface area (Å²) in [5.74, 6) is 0.455. The van der Waals surface area contributed by atoms with Gasteiger partial charge in [0.1, 0.15) is 0 Å². The summed E-state index contributed by atoms with van der Waals surface area (Å²) in [6, 6.07) is -0.240. The third-order valence-electron chi connectivity index (χ3n) is 5.21. The summed E-state index contributed by atoms with van der Waals surface area (Å²) in [7, 11) is -3.16. The van der Waals surface area contributed by atoms with Gasteiger partial charge in [0.15, 0.2) is 0 Å². The van der Waals surface area contributed by atoms with Gasteiger partial charge in [-0.15, -0.1) is 0 Å². The summed E-state index contributed by atoms with van der Waals surface area (Å²) in [6.45, 7) is 4.22. The van der Waals surface area contributed by atoms with Crippen LogP contribution < -0.4 is 4.72 Å². The van der Waals surface area contributed by atoms with Crippen LogP contribution in [-0.2, 0) is 10.0 Å². The highest BCUT2D eigenvalue weighted by atomic mass is 32.2. The van der Waals surface area contributed by atoms with Gasteiger partial charge in [-0.1, -0.05) is 13.8 Å². The van der Waals surface area contributed by atoms with Gasteiger partial charge in [0.2, 0.25) is 10.0 Å². The minimum Gasteiger partial charge on any atom is -0.391 e. The fraction of sp³-hybridized carbons (Fsp3) is 1.00. The maximum Gasteiger partial charge on any atom is 0.212 e. The zero-order valence-corrected chi connectivity index (χ0v) is 9.84. The fourth-order valence-corrected chi connectivity index (χ4v) is 6.49. The van der Waals surface area contributed by atoms with Crippen LogP contribution in [-0.4, -0.2) is 31.4 Å². The molecule has 2 N–H and O–H groups in total. The summed E-state index contributed by atoms with van der Waals surface area (Å²) in [6.07, 6.45) is 1.39. The molecule has 0 aromatic carbocycles. The number of hydrogen-bond acceptors (Lipinski definition) is 3. The molecule has 86 valence electrons. The average Bonchev–Trinajstić information content (AvgIpc) is 2.54. The highest BCUT2D eigenvalue weighted by molar-refractivity contribution is 7.89. The van der Waals surface area contributed by atoms with Gasteiger partial charge in [0, 0.05) is 5.41 Å².